The van der Waals surface area contributed by atoms with Crippen LogP contribution in [0.1, 0.15) is 24.2 Å². The van der Waals surface area contributed by atoms with Gasteiger partial charge in [-0.3, -0.25) is 0 Å². The fraction of sp³-hybridized carbons (Fsp3) is 0.500. The second-order valence-electron chi connectivity index (χ2n) is 5.80. The Balaban J connectivity index is 1.97. The number of carboxylic acids is 1. The molecule has 0 bridgehead atoms. The highest BCUT2D eigenvalue weighted by Crippen LogP contribution is 2.37. The predicted octanol–water partition coefficient (Wildman–Crippen LogP) is 1.77. The first-order valence-electron chi connectivity index (χ1n) is 7.76. The van der Waals surface area contributed by atoms with Gasteiger partial charge in [0.25, 0.3) is 0 Å². The SMILES string of the molecule is Cc1nc2c(C)c(OCC(=O)O)c(OC3CCNCC3)cc2[nH]1. The number of imidazole rings is 1. The summed E-state index contributed by atoms with van der Waals surface area (Å²) in [7, 11) is 0. The first-order chi connectivity index (χ1) is 11.0. The molecule has 23 heavy (non-hydrogen) atoms. The minimum atomic E-state index is -1.02. The molecule has 0 unspecified atom stereocenters. The van der Waals surface area contributed by atoms with Crippen molar-refractivity contribution in [2.45, 2.75) is 32.8 Å². The summed E-state index contributed by atoms with van der Waals surface area (Å²) < 4.78 is 11.6. The number of piperidine rings is 1. The van der Waals surface area contributed by atoms with Crippen molar-refractivity contribution >= 4 is 17.0 Å². The van der Waals surface area contributed by atoms with Gasteiger partial charge >= 0.3 is 5.97 Å². The summed E-state index contributed by atoms with van der Waals surface area (Å²) in [5.74, 6) is 0.818. The summed E-state index contributed by atoms with van der Waals surface area (Å²) in [4.78, 5) is 18.5. The Morgan fingerprint density at radius 3 is 2.83 bits per heavy atom. The van der Waals surface area contributed by atoms with E-state index in [0.717, 1.165) is 48.4 Å². The topological polar surface area (TPSA) is 96.5 Å². The molecule has 1 aromatic carbocycles. The first-order valence-corrected chi connectivity index (χ1v) is 7.76. The van der Waals surface area contributed by atoms with Crippen LogP contribution in [0.5, 0.6) is 11.5 Å². The molecule has 3 rings (SSSR count). The number of aromatic amines is 1. The molecule has 124 valence electrons. The summed E-state index contributed by atoms with van der Waals surface area (Å²) in [6.45, 7) is 5.18. The van der Waals surface area contributed by atoms with Crippen LogP contribution < -0.4 is 14.8 Å². The third kappa shape index (κ3) is 3.39. The lowest BCUT2D eigenvalue weighted by molar-refractivity contribution is -0.139. The van der Waals surface area contributed by atoms with Crippen molar-refractivity contribution in [1.82, 2.24) is 15.3 Å². The smallest absolute Gasteiger partial charge is 0.341 e. The molecule has 0 saturated carbocycles. The van der Waals surface area contributed by atoms with Crippen LogP contribution in [0.15, 0.2) is 6.07 Å². The number of nitrogens with one attached hydrogen (secondary N) is 2. The van der Waals surface area contributed by atoms with Crippen LogP contribution in [0.4, 0.5) is 0 Å². The second kappa shape index (κ2) is 6.45. The average molecular weight is 319 g/mol. The highest BCUT2D eigenvalue weighted by atomic mass is 16.5. The van der Waals surface area contributed by atoms with Crippen LogP contribution >= 0.6 is 0 Å². The predicted molar refractivity (Wildman–Crippen MR) is 85.2 cm³/mol. The normalized spacial score (nSPS) is 15.7. The molecule has 1 fully saturated rings. The van der Waals surface area contributed by atoms with Crippen LogP contribution in [0.2, 0.25) is 0 Å². The van der Waals surface area contributed by atoms with E-state index in [9.17, 15) is 4.79 Å². The molecule has 0 aliphatic carbocycles. The summed E-state index contributed by atoms with van der Waals surface area (Å²) in [6.07, 6.45) is 1.93. The van der Waals surface area contributed by atoms with Gasteiger partial charge in [-0.2, -0.15) is 0 Å². The molecule has 0 radical (unpaired) electrons. The van der Waals surface area contributed by atoms with Crippen molar-refractivity contribution in [2.24, 2.45) is 0 Å². The van der Waals surface area contributed by atoms with Crippen LogP contribution in [0, 0.1) is 13.8 Å². The molecule has 7 nitrogen and oxygen atoms in total. The van der Waals surface area contributed by atoms with E-state index in [1.54, 1.807) is 0 Å². The molecular formula is C16H21N3O4. The van der Waals surface area contributed by atoms with E-state index in [4.69, 9.17) is 14.6 Å². The van der Waals surface area contributed by atoms with Gasteiger partial charge in [0.15, 0.2) is 18.1 Å². The first kappa shape index (κ1) is 15.6. The number of aromatic nitrogens is 2. The quantitative estimate of drug-likeness (QED) is 0.777. The van der Waals surface area contributed by atoms with Gasteiger partial charge in [-0.15, -0.1) is 0 Å². The van der Waals surface area contributed by atoms with Crippen molar-refractivity contribution in [3.63, 3.8) is 0 Å². The molecule has 2 heterocycles. The van der Waals surface area contributed by atoms with Crippen molar-refractivity contribution < 1.29 is 19.4 Å². The number of hydrogen-bond donors (Lipinski definition) is 3. The number of benzene rings is 1. The minimum absolute atomic E-state index is 0.101. The van der Waals surface area contributed by atoms with Crippen molar-refractivity contribution in [3.8, 4) is 11.5 Å². The maximum atomic E-state index is 10.9. The molecule has 3 N–H and O–H groups in total. The van der Waals surface area contributed by atoms with Gasteiger partial charge in [-0.25, -0.2) is 9.78 Å². The molecular weight excluding hydrogens is 298 g/mol. The van der Waals surface area contributed by atoms with E-state index >= 15 is 0 Å². The van der Waals surface area contributed by atoms with E-state index in [-0.39, 0.29) is 6.10 Å². The number of H-pyrrole nitrogens is 1. The summed E-state index contributed by atoms with van der Waals surface area (Å²) in [6, 6.07) is 1.85. The number of rotatable bonds is 5. The number of ether oxygens (including phenoxy) is 2. The Kier molecular flexibility index (Phi) is 4.38. The van der Waals surface area contributed by atoms with Crippen molar-refractivity contribution in [1.29, 1.82) is 0 Å². The van der Waals surface area contributed by atoms with Gasteiger partial charge in [0.1, 0.15) is 11.9 Å². The molecule has 0 atom stereocenters. The highest BCUT2D eigenvalue weighted by molar-refractivity contribution is 5.84. The minimum Gasteiger partial charge on any atom is -0.486 e. The average Bonchev–Trinajstić information content (AvgIpc) is 2.88. The molecule has 1 aliphatic rings. The maximum absolute atomic E-state index is 10.9. The number of nitrogens with zero attached hydrogens (tertiary/aromatic N) is 1. The molecule has 1 aliphatic heterocycles. The van der Waals surface area contributed by atoms with Gasteiger partial charge < -0.3 is 24.9 Å². The summed E-state index contributed by atoms with van der Waals surface area (Å²) in [5.41, 5.74) is 2.43. The van der Waals surface area contributed by atoms with Gasteiger partial charge in [-0.1, -0.05) is 0 Å². The van der Waals surface area contributed by atoms with Gasteiger partial charge in [0, 0.05) is 11.6 Å². The number of fused-ring (bicyclic) bond motifs is 1. The van der Waals surface area contributed by atoms with Gasteiger partial charge in [0.2, 0.25) is 0 Å². The van der Waals surface area contributed by atoms with E-state index in [1.165, 1.54) is 0 Å². The molecule has 2 aromatic rings. The lowest BCUT2D eigenvalue weighted by atomic mass is 10.1. The molecule has 7 heteroatoms. The lowest BCUT2D eigenvalue weighted by Gasteiger charge is -2.25. The number of aryl methyl sites for hydroxylation is 2. The zero-order valence-corrected chi connectivity index (χ0v) is 13.3. The molecule has 1 saturated heterocycles. The van der Waals surface area contributed by atoms with Gasteiger partial charge in [0.05, 0.1) is 11.0 Å². The zero-order chi connectivity index (χ0) is 16.4. The Morgan fingerprint density at radius 2 is 2.13 bits per heavy atom. The largest absolute Gasteiger partial charge is 0.486 e. The third-order valence-electron chi connectivity index (χ3n) is 3.97. The summed E-state index contributed by atoms with van der Waals surface area (Å²) in [5, 5.41) is 12.2. The fourth-order valence-corrected chi connectivity index (χ4v) is 2.88. The highest BCUT2D eigenvalue weighted by Gasteiger charge is 2.21. The molecule has 0 amide bonds. The molecule has 0 spiro atoms. The maximum Gasteiger partial charge on any atom is 0.341 e. The summed E-state index contributed by atoms with van der Waals surface area (Å²) >= 11 is 0. The zero-order valence-electron chi connectivity index (χ0n) is 13.3. The van der Waals surface area contributed by atoms with Crippen LogP contribution in [0.3, 0.4) is 0 Å². The third-order valence-corrected chi connectivity index (χ3v) is 3.97. The monoisotopic (exact) mass is 319 g/mol. The lowest BCUT2D eigenvalue weighted by Crippen LogP contribution is -2.34. The molecule has 1 aromatic heterocycles. The number of carboxylic acid groups (broad SMARTS) is 1. The Morgan fingerprint density at radius 1 is 1.39 bits per heavy atom. The number of aliphatic carboxylic acids is 1. The second-order valence-corrected chi connectivity index (χ2v) is 5.80. The van der Waals surface area contributed by atoms with E-state index in [0.29, 0.717) is 11.5 Å². The van der Waals surface area contributed by atoms with Crippen LogP contribution in [-0.4, -0.2) is 46.8 Å². The van der Waals surface area contributed by atoms with E-state index in [1.807, 2.05) is 19.9 Å². The van der Waals surface area contributed by atoms with Crippen LogP contribution in [-0.2, 0) is 4.79 Å². The Labute approximate surface area is 134 Å². The number of carbonyl (C=O) groups is 1. The van der Waals surface area contributed by atoms with Crippen molar-refractivity contribution in [2.75, 3.05) is 19.7 Å². The van der Waals surface area contributed by atoms with E-state index < -0.39 is 12.6 Å². The van der Waals surface area contributed by atoms with Crippen LogP contribution in [0.25, 0.3) is 11.0 Å². The Bertz CT molecular complexity index is 720. The fourth-order valence-electron chi connectivity index (χ4n) is 2.88. The standard InChI is InChI=1S/C16H21N3O4/c1-9-15-12(18-10(2)19-15)7-13(16(9)22-8-14(20)21)23-11-3-5-17-6-4-11/h7,11,17H,3-6,8H2,1-2H3,(H,18,19)(H,20,21). The number of hydrogen-bond acceptors (Lipinski definition) is 5. The van der Waals surface area contributed by atoms with Gasteiger partial charge in [-0.05, 0) is 39.8 Å². The Hall–Kier alpha value is -2.28. The van der Waals surface area contributed by atoms with E-state index in [2.05, 4.69) is 15.3 Å². The van der Waals surface area contributed by atoms with Crippen molar-refractivity contribution in [3.05, 3.63) is 17.5 Å².